The van der Waals surface area contributed by atoms with Crippen molar-refractivity contribution in [2.75, 3.05) is 5.73 Å². The summed E-state index contributed by atoms with van der Waals surface area (Å²) in [7, 11) is 0. The number of esters is 1. The molecule has 1 atom stereocenters. The van der Waals surface area contributed by atoms with E-state index in [0.29, 0.717) is 0 Å². The van der Waals surface area contributed by atoms with Gasteiger partial charge in [0, 0.05) is 5.69 Å². The first kappa shape index (κ1) is 13.0. The minimum absolute atomic E-state index is 0.0499. The van der Waals surface area contributed by atoms with Crippen molar-refractivity contribution in [2.45, 2.75) is 19.4 Å². The van der Waals surface area contributed by atoms with Crippen molar-refractivity contribution in [3.05, 3.63) is 29.6 Å². The molecule has 92 valence electrons. The van der Waals surface area contributed by atoms with Crippen molar-refractivity contribution in [1.29, 1.82) is 0 Å². The zero-order valence-electron chi connectivity index (χ0n) is 9.14. The molecule has 0 aliphatic carbocycles. The topological polar surface area (TPSA) is 89.6 Å². The van der Waals surface area contributed by atoms with Crippen LogP contribution in [0.3, 0.4) is 0 Å². The first-order valence-corrected chi connectivity index (χ1v) is 4.94. The Labute approximate surface area is 97.0 Å². The Morgan fingerprint density at radius 3 is 2.65 bits per heavy atom. The first-order chi connectivity index (χ1) is 7.95. The van der Waals surface area contributed by atoms with Crippen LogP contribution in [-0.2, 0) is 9.53 Å². The molecular formula is C11H12FNO4. The van der Waals surface area contributed by atoms with Gasteiger partial charge in [-0.25, -0.2) is 14.0 Å². The van der Waals surface area contributed by atoms with Gasteiger partial charge in [0.2, 0.25) is 0 Å². The van der Waals surface area contributed by atoms with Crippen molar-refractivity contribution >= 4 is 17.6 Å². The van der Waals surface area contributed by atoms with Crippen LogP contribution in [0.15, 0.2) is 18.2 Å². The molecule has 0 fully saturated rings. The lowest BCUT2D eigenvalue weighted by atomic mass is 10.2. The normalized spacial score (nSPS) is 11.9. The smallest absolute Gasteiger partial charge is 0.345 e. The Morgan fingerprint density at radius 1 is 1.53 bits per heavy atom. The summed E-state index contributed by atoms with van der Waals surface area (Å²) in [6.07, 6.45) is -1.09. The second-order valence-corrected chi connectivity index (χ2v) is 3.37. The molecule has 0 aliphatic heterocycles. The minimum atomic E-state index is -1.23. The summed E-state index contributed by atoms with van der Waals surface area (Å²) >= 11 is 0. The molecule has 0 aliphatic rings. The van der Waals surface area contributed by atoms with Crippen molar-refractivity contribution < 1.29 is 23.8 Å². The number of aliphatic carboxylic acids is 1. The van der Waals surface area contributed by atoms with Gasteiger partial charge in [0.05, 0.1) is 5.56 Å². The third kappa shape index (κ3) is 3.17. The maximum Gasteiger partial charge on any atom is 0.345 e. The summed E-state index contributed by atoms with van der Waals surface area (Å²) in [5.41, 5.74) is 5.29. The highest BCUT2D eigenvalue weighted by atomic mass is 19.1. The van der Waals surface area contributed by atoms with Crippen LogP contribution in [0.2, 0.25) is 0 Å². The number of hydrogen-bond acceptors (Lipinski definition) is 4. The number of carbonyl (C=O) groups excluding carboxylic acids is 1. The Bertz CT molecular complexity index is 447. The summed E-state index contributed by atoms with van der Waals surface area (Å²) in [5, 5.41) is 8.71. The molecule has 0 spiro atoms. The number of ether oxygens (including phenoxy) is 1. The molecule has 1 unspecified atom stereocenters. The van der Waals surface area contributed by atoms with Crippen LogP contribution in [0.4, 0.5) is 10.1 Å². The number of nitrogens with two attached hydrogens (primary N) is 1. The van der Waals surface area contributed by atoms with Gasteiger partial charge in [-0.15, -0.1) is 0 Å². The summed E-state index contributed by atoms with van der Waals surface area (Å²) in [6, 6.07) is 3.18. The van der Waals surface area contributed by atoms with E-state index in [1.165, 1.54) is 0 Å². The van der Waals surface area contributed by atoms with E-state index in [9.17, 15) is 14.0 Å². The predicted molar refractivity (Wildman–Crippen MR) is 57.9 cm³/mol. The fraction of sp³-hybridized carbons (Fsp3) is 0.273. The van der Waals surface area contributed by atoms with E-state index in [4.69, 9.17) is 15.6 Å². The van der Waals surface area contributed by atoms with Crippen LogP contribution in [-0.4, -0.2) is 23.1 Å². The SMILES string of the molecule is CCC(OC(=O)c1ccc(F)cc1N)C(=O)O. The average Bonchev–Trinajstić information content (AvgIpc) is 2.24. The van der Waals surface area contributed by atoms with Gasteiger partial charge in [0.1, 0.15) is 5.82 Å². The number of carboxylic acid groups (broad SMARTS) is 1. The first-order valence-electron chi connectivity index (χ1n) is 4.94. The highest BCUT2D eigenvalue weighted by Gasteiger charge is 2.22. The number of hydrogen-bond donors (Lipinski definition) is 2. The molecule has 0 bridgehead atoms. The van der Waals surface area contributed by atoms with Gasteiger partial charge in [-0.2, -0.15) is 0 Å². The molecule has 0 heterocycles. The van der Waals surface area contributed by atoms with E-state index in [1.54, 1.807) is 6.92 Å². The number of carbonyl (C=O) groups is 2. The van der Waals surface area contributed by atoms with Gasteiger partial charge in [-0.05, 0) is 24.6 Å². The molecule has 1 aromatic rings. The van der Waals surface area contributed by atoms with Gasteiger partial charge < -0.3 is 15.6 Å². The van der Waals surface area contributed by atoms with E-state index in [2.05, 4.69) is 0 Å². The standard InChI is InChI=1S/C11H12FNO4/c1-2-9(10(14)15)17-11(16)7-4-3-6(12)5-8(7)13/h3-5,9H,2,13H2,1H3,(H,14,15). The number of anilines is 1. The fourth-order valence-corrected chi connectivity index (χ4v) is 1.22. The number of rotatable bonds is 4. The Morgan fingerprint density at radius 2 is 2.18 bits per heavy atom. The van der Waals surface area contributed by atoms with E-state index in [0.717, 1.165) is 18.2 Å². The highest BCUT2D eigenvalue weighted by Crippen LogP contribution is 2.16. The van der Waals surface area contributed by atoms with Gasteiger partial charge >= 0.3 is 11.9 Å². The molecule has 0 amide bonds. The van der Waals surface area contributed by atoms with Crippen molar-refractivity contribution in [3.8, 4) is 0 Å². The van der Waals surface area contributed by atoms with E-state index < -0.39 is 23.9 Å². The Balaban J connectivity index is 2.86. The molecule has 0 saturated carbocycles. The number of nitrogen functional groups attached to an aromatic ring is 1. The van der Waals surface area contributed by atoms with Crippen LogP contribution in [0.25, 0.3) is 0 Å². The van der Waals surface area contributed by atoms with E-state index >= 15 is 0 Å². The van der Waals surface area contributed by atoms with E-state index in [1.807, 2.05) is 0 Å². The largest absolute Gasteiger partial charge is 0.479 e. The molecule has 0 saturated heterocycles. The van der Waals surface area contributed by atoms with Crippen LogP contribution in [0, 0.1) is 5.82 Å². The van der Waals surface area contributed by atoms with E-state index in [-0.39, 0.29) is 17.7 Å². The summed E-state index contributed by atoms with van der Waals surface area (Å²) in [6.45, 7) is 1.57. The van der Waals surface area contributed by atoms with Gasteiger partial charge in [0.25, 0.3) is 0 Å². The Hall–Kier alpha value is -2.11. The second-order valence-electron chi connectivity index (χ2n) is 3.37. The molecular weight excluding hydrogens is 229 g/mol. The van der Waals surface area contributed by atoms with Gasteiger partial charge in [0.15, 0.2) is 6.10 Å². The van der Waals surface area contributed by atoms with Gasteiger partial charge in [-0.1, -0.05) is 6.92 Å². The van der Waals surface area contributed by atoms with Crippen molar-refractivity contribution in [2.24, 2.45) is 0 Å². The molecule has 0 radical (unpaired) electrons. The Kier molecular flexibility index (Phi) is 4.03. The van der Waals surface area contributed by atoms with Crippen molar-refractivity contribution in [3.63, 3.8) is 0 Å². The summed E-state index contributed by atoms with van der Waals surface area (Å²) in [5.74, 6) is -2.69. The van der Waals surface area contributed by atoms with Crippen molar-refractivity contribution in [1.82, 2.24) is 0 Å². The summed E-state index contributed by atoms with van der Waals surface area (Å²) < 4.78 is 17.5. The third-order valence-electron chi connectivity index (χ3n) is 2.13. The maximum atomic E-state index is 12.7. The fourth-order valence-electron chi connectivity index (χ4n) is 1.22. The van der Waals surface area contributed by atoms with Crippen LogP contribution in [0.1, 0.15) is 23.7 Å². The van der Waals surface area contributed by atoms with Crippen LogP contribution < -0.4 is 5.73 Å². The summed E-state index contributed by atoms with van der Waals surface area (Å²) in [4.78, 5) is 22.2. The zero-order chi connectivity index (χ0) is 13.0. The number of benzene rings is 1. The lowest BCUT2D eigenvalue weighted by molar-refractivity contribution is -0.147. The number of carboxylic acids is 1. The molecule has 3 N–H and O–H groups in total. The molecule has 1 aromatic carbocycles. The number of halogens is 1. The molecule has 5 nitrogen and oxygen atoms in total. The van der Waals surface area contributed by atoms with Gasteiger partial charge in [-0.3, -0.25) is 0 Å². The van der Waals surface area contributed by atoms with Crippen LogP contribution in [0.5, 0.6) is 0 Å². The molecule has 0 aromatic heterocycles. The monoisotopic (exact) mass is 241 g/mol. The predicted octanol–water partition coefficient (Wildman–Crippen LogP) is 1.43. The van der Waals surface area contributed by atoms with Crippen LogP contribution >= 0.6 is 0 Å². The molecule has 6 heteroatoms. The third-order valence-corrected chi connectivity index (χ3v) is 2.13. The minimum Gasteiger partial charge on any atom is -0.479 e. The maximum absolute atomic E-state index is 12.7. The quantitative estimate of drug-likeness (QED) is 0.614. The molecule has 17 heavy (non-hydrogen) atoms. The molecule has 1 rings (SSSR count). The second kappa shape index (κ2) is 5.29. The highest BCUT2D eigenvalue weighted by molar-refractivity contribution is 5.96. The zero-order valence-corrected chi connectivity index (χ0v) is 9.14. The lowest BCUT2D eigenvalue weighted by Gasteiger charge is -2.12. The average molecular weight is 241 g/mol. The lowest BCUT2D eigenvalue weighted by Crippen LogP contribution is -2.26.